The molecule has 1 aliphatic rings. The zero-order valence-electron chi connectivity index (χ0n) is 11.8. The lowest BCUT2D eigenvalue weighted by Crippen LogP contribution is -2.40. The standard InChI is InChI=1S/C15H19N5O/c16-9-15(7-1-2-8-15)14(21)19-12-3-5-13(6-4-12)20-11-17-10-18-20/h3-6,10-11H,1-2,7-9,16H2,(H,19,21). The molecule has 1 aromatic heterocycles. The molecule has 1 aromatic carbocycles. The van der Waals surface area contributed by atoms with Crippen LogP contribution < -0.4 is 11.1 Å². The summed E-state index contributed by atoms with van der Waals surface area (Å²) in [4.78, 5) is 16.4. The van der Waals surface area contributed by atoms with E-state index in [0.29, 0.717) is 6.54 Å². The van der Waals surface area contributed by atoms with Crippen LogP contribution in [0.3, 0.4) is 0 Å². The average Bonchev–Trinajstić information content (AvgIpc) is 3.20. The van der Waals surface area contributed by atoms with Gasteiger partial charge < -0.3 is 11.1 Å². The van der Waals surface area contributed by atoms with Crippen molar-refractivity contribution in [2.75, 3.05) is 11.9 Å². The number of amides is 1. The lowest BCUT2D eigenvalue weighted by molar-refractivity contribution is -0.124. The van der Waals surface area contributed by atoms with Gasteiger partial charge >= 0.3 is 0 Å². The largest absolute Gasteiger partial charge is 0.329 e. The molecule has 6 nitrogen and oxygen atoms in total. The maximum Gasteiger partial charge on any atom is 0.231 e. The second-order valence-corrected chi connectivity index (χ2v) is 5.53. The second-order valence-electron chi connectivity index (χ2n) is 5.53. The molecule has 0 unspecified atom stereocenters. The Morgan fingerprint density at radius 3 is 2.57 bits per heavy atom. The van der Waals surface area contributed by atoms with Crippen molar-refractivity contribution in [2.45, 2.75) is 25.7 Å². The molecular formula is C15H19N5O. The van der Waals surface area contributed by atoms with Gasteiger partial charge in [-0.1, -0.05) is 12.8 Å². The number of hydrogen-bond donors (Lipinski definition) is 2. The first kappa shape index (κ1) is 13.8. The Bertz CT molecular complexity index is 600. The summed E-state index contributed by atoms with van der Waals surface area (Å²) in [5.74, 6) is 0.0380. The molecule has 0 atom stereocenters. The van der Waals surface area contributed by atoms with Crippen molar-refractivity contribution in [3.8, 4) is 5.69 Å². The van der Waals surface area contributed by atoms with Crippen LogP contribution in [0.15, 0.2) is 36.9 Å². The van der Waals surface area contributed by atoms with Gasteiger partial charge in [0.2, 0.25) is 5.91 Å². The fourth-order valence-corrected chi connectivity index (χ4v) is 2.88. The minimum absolute atomic E-state index is 0.0380. The van der Waals surface area contributed by atoms with Crippen molar-refractivity contribution >= 4 is 11.6 Å². The number of nitrogens with two attached hydrogens (primary N) is 1. The molecule has 110 valence electrons. The maximum absolute atomic E-state index is 12.5. The predicted molar refractivity (Wildman–Crippen MR) is 79.9 cm³/mol. The van der Waals surface area contributed by atoms with Gasteiger partial charge in [-0.05, 0) is 37.1 Å². The summed E-state index contributed by atoms with van der Waals surface area (Å²) in [7, 11) is 0. The molecule has 2 aromatic rings. The Morgan fingerprint density at radius 2 is 2.00 bits per heavy atom. The Hall–Kier alpha value is -2.21. The molecule has 0 aliphatic heterocycles. The van der Waals surface area contributed by atoms with E-state index in [-0.39, 0.29) is 11.3 Å². The number of benzene rings is 1. The number of nitrogens with zero attached hydrogens (tertiary/aromatic N) is 3. The molecular weight excluding hydrogens is 266 g/mol. The van der Waals surface area contributed by atoms with E-state index >= 15 is 0 Å². The molecule has 1 fully saturated rings. The summed E-state index contributed by atoms with van der Waals surface area (Å²) in [6, 6.07) is 7.53. The fraction of sp³-hybridized carbons (Fsp3) is 0.400. The highest BCUT2D eigenvalue weighted by atomic mass is 16.2. The molecule has 1 amide bonds. The molecule has 3 rings (SSSR count). The van der Waals surface area contributed by atoms with Crippen LogP contribution in [0.1, 0.15) is 25.7 Å². The van der Waals surface area contributed by atoms with E-state index in [1.165, 1.54) is 6.33 Å². The average molecular weight is 285 g/mol. The van der Waals surface area contributed by atoms with Crippen molar-refractivity contribution in [3.63, 3.8) is 0 Å². The van der Waals surface area contributed by atoms with Crippen LogP contribution >= 0.6 is 0 Å². The van der Waals surface area contributed by atoms with Crippen molar-refractivity contribution in [1.29, 1.82) is 0 Å². The number of aromatic nitrogens is 3. The van der Waals surface area contributed by atoms with Gasteiger partial charge in [0.25, 0.3) is 0 Å². The summed E-state index contributed by atoms with van der Waals surface area (Å²) >= 11 is 0. The zero-order valence-corrected chi connectivity index (χ0v) is 11.8. The Kier molecular flexibility index (Phi) is 3.70. The highest BCUT2D eigenvalue weighted by Gasteiger charge is 2.39. The minimum atomic E-state index is -0.384. The van der Waals surface area contributed by atoms with E-state index in [0.717, 1.165) is 37.1 Å². The van der Waals surface area contributed by atoms with Crippen LogP contribution in [0.5, 0.6) is 0 Å². The highest BCUT2D eigenvalue weighted by Crippen LogP contribution is 2.38. The Balaban J connectivity index is 1.72. The highest BCUT2D eigenvalue weighted by molar-refractivity contribution is 5.95. The number of carbonyl (C=O) groups excluding carboxylic acids is 1. The molecule has 6 heteroatoms. The molecule has 1 aliphatic carbocycles. The topological polar surface area (TPSA) is 85.8 Å². The summed E-state index contributed by atoms with van der Waals surface area (Å²) in [5.41, 5.74) is 7.13. The molecule has 1 heterocycles. The van der Waals surface area contributed by atoms with Gasteiger partial charge in [-0.3, -0.25) is 4.79 Å². The van der Waals surface area contributed by atoms with E-state index in [2.05, 4.69) is 15.4 Å². The Labute approximate surface area is 123 Å². The molecule has 0 bridgehead atoms. The molecule has 1 saturated carbocycles. The van der Waals surface area contributed by atoms with Gasteiger partial charge in [-0.25, -0.2) is 9.67 Å². The van der Waals surface area contributed by atoms with Gasteiger partial charge in [-0.2, -0.15) is 5.10 Å². The molecule has 0 saturated heterocycles. The first-order valence-electron chi connectivity index (χ1n) is 7.20. The van der Waals surface area contributed by atoms with E-state index < -0.39 is 0 Å². The number of hydrogen-bond acceptors (Lipinski definition) is 4. The molecule has 3 N–H and O–H groups in total. The lowest BCUT2D eigenvalue weighted by atomic mass is 9.85. The van der Waals surface area contributed by atoms with Crippen LogP contribution in [0.4, 0.5) is 5.69 Å². The summed E-state index contributed by atoms with van der Waals surface area (Å²) in [5, 5.41) is 7.05. The third kappa shape index (κ3) is 2.67. The van der Waals surface area contributed by atoms with E-state index in [9.17, 15) is 4.79 Å². The molecule has 21 heavy (non-hydrogen) atoms. The van der Waals surface area contributed by atoms with Crippen molar-refractivity contribution in [1.82, 2.24) is 14.8 Å². The first-order chi connectivity index (χ1) is 10.2. The van der Waals surface area contributed by atoms with Crippen LogP contribution in [-0.4, -0.2) is 27.2 Å². The van der Waals surface area contributed by atoms with Gasteiger partial charge in [-0.15, -0.1) is 0 Å². The molecule has 0 radical (unpaired) electrons. The van der Waals surface area contributed by atoms with Gasteiger partial charge in [0.15, 0.2) is 0 Å². The third-order valence-electron chi connectivity index (χ3n) is 4.24. The SMILES string of the molecule is NCC1(C(=O)Nc2ccc(-n3cncn3)cc2)CCCC1. The van der Waals surface area contributed by atoms with Gasteiger partial charge in [0.1, 0.15) is 12.7 Å². The monoisotopic (exact) mass is 285 g/mol. The number of carbonyl (C=O) groups is 1. The smallest absolute Gasteiger partial charge is 0.231 e. The van der Waals surface area contributed by atoms with Crippen molar-refractivity contribution in [3.05, 3.63) is 36.9 Å². The maximum atomic E-state index is 12.5. The zero-order chi connectivity index (χ0) is 14.7. The molecule has 0 spiro atoms. The fourth-order valence-electron chi connectivity index (χ4n) is 2.88. The van der Waals surface area contributed by atoms with Crippen LogP contribution in [-0.2, 0) is 4.79 Å². The quantitative estimate of drug-likeness (QED) is 0.895. The van der Waals surface area contributed by atoms with Gasteiger partial charge in [0, 0.05) is 12.2 Å². The minimum Gasteiger partial charge on any atom is -0.329 e. The van der Waals surface area contributed by atoms with Gasteiger partial charge in [0.05, 0.1) is 11.1 Å². The van der Waals surface area contributed by atoms with E-state index in [1.54, 1.807) is 11.0 Å². The normalized spacial score (nSPS) is 16.8. The predicted octanol–water partition coefficient (Wildman–Crippen LogP) is 1.72. The Morgan fingerprint density at radius 1 is 1.29 bits per heavy atom. The lowest BCUT2D eigenvalue weighted by Gasteiger charge is -2.25. The van der Waals surface area contributed by atoms with Crippen LogP contribution in [0, 0.1) is 5.41 Å². The summed E-state index contributed by atoms with van der Waals surface area (Å²) < 4.78 is 1.67. The van der Waals surface area contributed by atoms with E-state index in [1.807, 2.05) is 24.3 Å². The summed E-state index contributed by atoms with van der Waals surface area (Å²) in [6.45, 7) is 0.413. The first-order valence-corrected chi connectivity index (χ1v) is 7.20. The number of nitrogens with one attached hydrogen (secondary N) is 1. The van der Waals surface area contributed by atoms with Crippen molar-refractivity contribution < 1.29 is 4.79 Å². The second kappa shape index (κ2) is 5.65. The summed E-state index contributed by atoms with van der Waals surface area (Å²) in [6.07, 6.45) is 7.04. The number of anilines is 1. The van der Waals surface area contributed by atoms with Crippen LogP contribution in [0.2, 0.25) is 0 Å². The van der Waals surface area contributed by atoms with E-state index in [4.69, 9.17) is 5.73 Å². The van der Waals surface area contributed by atoms with Crippen LogP contribution in [0.25, 0.3) is 5.69 Å². The third-order valence-corrected chi connectivity index (χ3v) is 4.24. The van der Waals surface area contributed by atoms with Crippen molar-refractivity contribution in [2.24, 2.45) is 11.1 Å². The number of rotatable bonds is 4.